The molecule has 1 aromatic carbocycles. The number of benzene rings is 1. The molecule has 1 saturated heterocycles. The quantitative estimate of drug-likeness (QED) is 0.659. The van der Waals surface area contributed by atoms with Gasteiger partial charge in [-0.1, -0.05) is 12.1 Å². The summed E-state index contributed by atoms with van der Waals surface area (Å²) in [4.78, 5) is 6.70. The molecule has 2 aromatic heterocycles. The van der Waals surface area contributed by atoms with E-state index in [1.807, 2.05) is 50.2 Å². The van der Waals surface area contributed by atoms with Crippen LogP contribution in [0.25, 0.3) is 11.4 Å². The van der Waals surface area contributed by atoms with Gasteiger partial charge in [0.15, 0.2) is 5.82 Å². The van der Waals surface area contributed by atoms with Gasteiger partial charge < -0.3 is 4.90 Å². The lowest BCUT2D eigenvalue weighted by atomic mass is 10.2. The zero-order valence-electron chi connectivity index (χ0n) is 16.5. The molecule has 4 rings (SSSR count). The van der Waals surface area contributed by atoms with E-state index < -0.39 is 10.0 Å². The van der Waals surface area contributed by atoms with Crippen LogP contribution in [0.3, 0.4) is 0 Å². The summed E-state index contributed by atoms with van der Waals surface area (Å²) in [6.07, 6.45) is 1.72. The fraction of sp³-hybridized carbons (Fsp3) is 0.286. The van der Waals surface area contributed by atoms with Gasteiger partial charge in [-0.2, -0.15) is 4.31 Å². The molecule has 3 aromatic rings. The Kier molecular flexibility index (Phi) is 5.29. The molecule has 0 radical (unpaired) electrons. The molecule has 0 spiro atoms. The maximum Gasteiger partial charge on any atom is 0.243 e. The summed E-state index contributed by atoms with van der Waals surface area (Å²) in [7, 11) is -3.49. The van der Waals surface area contributed by atoms with Crippen LogP contribution < -0.4 is 4.90 Å². The molecule has 29 heavy (non-hydrogen) atoms. The Morgan fingerprint density at radius 3 is 2.14 bits per heavy atom. The zero-order chi connectivity index (χ0) is 20.4. The molecule has 0 bridgehead atoms. The number of sulfonamides is 1. The standard InChI is InChI=1S/C21H23N5O2S/c1-16-13-17(2)15-18(14-16)29(27,28)26-11-9-25(10-12-26)21-7-6-20(23-24-21)19-5-3-4-8-22-19/h3-8,13-15H,9-12H2,1-2H3. The molecule has 1 fully saturated rings. The Labute approximate surface area is 171 Å². The second-order valence-electron chi connectivity index (χ2n) is 7.21. The molecular formula is C21H23N5O2S. The van der Waals surface area contributed by atoms with Gasteiger partial charge in [0.25, 0.3) is 0 Å². The first-order valence-electron chi connectivity index (χ1n) is 9.52. The van der Waals surface area contributed by atoms with Crippen molar-refractivity contribution in [1.82, 2.24) is 19.5 Å². The molecule has 0 atom stereocenters. The molecule has 7 nitrogen and oxygen atoms in total. The lowest BCUT2D eigenvalue weighted by Gasteiger charge is -2.34. The van der Waals surface area contributed by atoms with Crippen LogP contribution in [0.2, 0.25) is 0 Å². The van der Waals surface area contributed by atoms with Crippen molar-refractivity contribution in [3.8, 4) is 11.4 Å². The fourth-order valence-corrected chi connectivity index (χ4v) is 5.15. The van der Waals surface area contributed by atoms with E-state index in [9.17, 15) is 8.42 Å². The largest absolute Gasteiger partial charge is 0.352 e. The minimum Gasteiger partial charge on any atom is -0.352 e. The van der Waals surface area contributed by atoms with E-state index in [0.29, 0.717) is 36.8 Å². The maximum absolute atomic E-state index is 13.0. The highest BCUT2D eigenvalue weighted by molar-refractivity contribution is 7.89. The summed E-state index contributed by atoms with van der Waals surface area (Å²) in [5.74, 6) is 0.744. The lowest BCUT2D eigenvalue weighted by molar-refractivity contribution is 0.383. The Morgan fingerprint density at radius 1 is 0.828 bits per heavy atom. The topological polar surface area (TPSA) is 79.3 Å². The third-order valence-corrected chi connectivity index (χ3v) is 6.85. The van der Waals surface area contributed by atoms with Crippen molar-refractivity contribution < 1.29 is 8.42 Å². The van der Waals surface area contributed by atoms with Gasteiger partial charge in [-0.15, -0.1) is 10.2 Å². The van der Waals surface area contributed by atoms with Gasteiger partial charge in [0.2, 0.25) is 10.0 Å². The molecule has 1 aliphatic rings. The normalized spacial score (nSPS) is 15.4. The highest BCUT2D eigenvalue weighted by atomic mass is 32.2. The fourth-order valence-electron chi connectivity index (χ4n) is 3.53. The number of rotatable bonds is 4. The maximum atomic E-state index is 13.0. The SMILES string of the molecule is Cc1cc(C)cc(S(=O)(=O)N2CCN(c3ccc(-c4ccccn4)nn3)CC2)c1. The molecule has 8 heteroatoms. The highest BCUT2D eigenvalue weighted by Gasteiger charge is 2.29. The molecule has 0 aliphatic carbocycles. The van der Waals surface area contributed by atoms with Crippen LogP contribution in [0.1, 0.15) is 11.1 Å². The summed E-state index contributed by atoms with van der Waals surface area (Å²) in [5, 5.41) is 8.59. The van der Waals surface area contributed by atoms with Crippen LogP contribution in [-0.2, 0) is 10.0 Å². The van der Waals surface area contributed by atoms with Gasteiger partial charge in [0.1, 0.15) is 5.69 Å². The van der Waals surface area contributed by atoms with Crippen LogP contribution in [-0.4, -0.2) is 54.1 Å². The van der Waals surface area contributed by atoms with Crippen molar-refractivity contribution in [3.05, 3.63) is 65.9 Å². The predicted octanol–water partition coefficient (Wildman–Crippen LogP) is 2.67. The van der Waals surface area contributed by atoms with Crippen molar-refractivity contribution >= 4 is 15.8 Å². The van der Waals surface area contributed by atoms with Crippen molar-refractivity contribution in [2.24, 2.45) is 0 Å². The van der Waals surface area contributed by atoms with Crippen molar-refractivity contribution in [2.75, 3.05) is 31.1 Å². The van der Waals surface area contributed by atoms with Gasteiger partial charge in [-0.05, 0) is 61.4 Å². The van der Waals surface area contributed by atoms with Crippen LogP contribution in [0.5, 0.6) is 0 Å². The second kappa shape index (κ2) is 7.88. The number of hydrogen-bond acceptors (Lipinski definition) is 6. The van der Waals surface area contributed by atoms with Gasteiger partial charge in [0.05, 0.1) is 10.6 Å². The number of anilines is 1. The number of nitrogens with zero attached hydrogens (tertiary/aromatic N) is 5. The minimum atomic E-state index is -3.49. The first-order valence-corrected chi connectivity index (χ1v) is 11.0. The summed E-state index contributed by atoms with van der Waals surface area (Å²) in [6.45, 7) is 5.80. The van der Waals surface area contributed by atoms with E-state index >= 15 is 0 Å². The summed E-state index contributed by atoms with van der Waals surface area (Å²) >= 11 is 0. The molecule has 0 saturated carbocycles. The number of hydrogen-bond donors (Lipinski definition) is 0. The Hall–Kier alpha value is -2.84. The molecule has 3 heterocycles. The zero-order valence-corrected chi connectivity index (χ0v) is 17.3. The average Bonchev–Trinajstić information content (AvgIpc) is 2.74. The molecule has 0 N–H and O–H groups in total. The van der Waals surface area contributed by atoms with E-state index in [1.165, 1.54) is 0 Å². The van der Waals surface area contributed by atoms with Gasteiger partial charge in [-0.3, -0.25) is 4.98 Å². The number of pyridine rings is 1. The van der Waals surface area contributed by atoms with E-state index in [1.54, 1.807) is 22.6 Å². The first-order chi connectivity index (χ1) is 13.9. The van der Waals surface area contributed by atoms with E-state index in [4.69, 9.17) is 0 Å². The predicted molar refractivity (Wildman–Crippen MR) is 112 cm³/mol. The van der Waals surface area contributed by atoms with Gasteiger partial charge in [0, 0.05) is 32.4 Å². The van der Waals surface area contributed by atoms with E-state index in [-0.39, 0.29) is 0 Å². The third kappa shape index (κ3) is 4.13. The highest BCUT2D eigenvalue weighted by Crippen LogP contribution is 2.22. The Balaban J connectivity index is 1.45. The lowest BCUT2D eigenvalue weighted by Crippen LogP contribution is -2.49. The Bertz CT molecular complexity index is 1070. The molecule has 1 aliphatic heterocycles. The van der Waals surface area contributed by atoms with Crippen LogP contribution >= 0.6 is 0 Å². The summed E-state index contributed by atoms with van der Waals surface area (Å²) in [6, 6.07) is 14.9. The Morgan fingerprint density at radius 2 is 1.55 bits per heavy atom. The van der Waals surface area contributed by atoms with E-state index in [0.717, 1.165) is 22.6 Å². The number of piperazine rings is 1. The minimum absolute atomic E-state index is 0.364. The molecule has 0 amide bonds. The average molecular weight is 410 g/mol. The van der Waals surface area contributed by atoms with E-state index in [2.05, 4.69) is 20.1 Å². The molecule has 0 unspecified atom stereocenters. The number of aryl methyl sites for hydroxylation is 2. The van der Waals surface area contributed by atoms with Crippen molar-refractivity contribution in [1.29, 1.82) is 0 Å². The van der Waals surface area contributed by atoms with Gasteiger partial charge in [-0.25, -0.2) is 8.42 Å². The van der Waals surface area contributed by atoms with Gasteiger partial charge >= 0.3 is 0 Å². The van der Waals surface area contributed by atoms with Crippen molar-refractivity contribution in [3.63, 3.8) is 0 Å². The smallest absolute Gasteiger partial charge is 0.243 e. The van der Waals surface area contributed by atoms with Crippen LogP contribution in [0, 0.1) is 13.8 Å². The summed E-state index contributed by atoms with van der Waals surface area (Å²) < 4.78 is 27.6. The van der Waals surface area contributed by atoms with Crippen molar-refractivity contribution in [2.45, 2.75) is 18.7 Å². The van der Waals surface area contributed by atoms with Crippen LogP contribution in [0.15, 0.2) is 59.6 Å². The second-order valence-corrected chi connectivity index (χ2v) is 9.14. The monoisotopic (exact) mass is 409 g/mol. The summed E-state index contributed by atoms with van der Waals surface area (Å²) in [5.41, 5.74) is 3.39. The molecular weight excluding hydrogens is 386 g/mol. The van der Waals surface area contributed by atoms with Crippen LogP contribution in [0.4, 0.5) is 5.82 Å². The third-order valence-electron chi connectivity index (χ3n) is 4.97. The first kappa shape index (κ1) is 19.5. The molecule has 150 valence electrons. The number of aromatic nitrogens is 3.